The van der Waals surface area contributed by atoms with Gasteiger partial charge < -0.3 is 4.74 Å². The van der Waals surface area contributed by atoms with E-state index in [1.807, 2.05) is 6.92 Å². The number of aliphatic imine (C=N–C) groups is 1. The molecule has 0 amide bonds. The highest BCUT2D eigenvalue weighted by Gasteiger charge is 2.08. The summed E-state index contributed by atoms with van der Waals surface area (Å²) in [6.07, 6.45) is 2.33. The van der Waals surface area contributed by atoms with Crippen LogP contribution in [0.15, 0.2) is 17.1 Å². The van der Waals surface area contributed by atoms with E-state index in [0.29, 0.717) is 11.6 Å². The Labute approximate surface area is 93.7 Å². The largest absolute Gasteiger partial charge is 0.496 e. The number of hydrogen-bond donors (Lipinski definition) is 0. The third-order valence-electron chi connectivity index (χ3n) is 2.15. The van der Waals surface area contributed by atoms with Gasteiger partial charge in [-0.25, -0.2) is 9.79 Å². The Morgan fingerprint density at radius 3 is 2.80 bits per heavy atom. The highest BCUT2D eigenvalue weighted by Crippen LogP contribution is 2.28. The number of halogens is 1. The van der Waals surface area contributed by atoms with Crippen molar-refractivity contribution in [3.63, 3.8) is 0 Å². The third kappa shape index (κ3) is 2.82. The lowest BCUT2D eigenvalue weighted by Gasteiger charge is -2.11. The van der Waals surface area contributed by atoms with Crippen LogP contribution in [0.3, 0.4) is 0 Å². The first-order valence-corrected chi connectivity index (χ1v) is 4.99. The summed E-state index contributed by atoms with van der Waals surface area (Å²) in [5.41, 5.74) is 1.94. The van der Waals surface area contributed by atoms with Crippen LogP contribution in [0.25, 0.3) is 0 Å². The SMILES string of the molecule is CCc1c(CN=C=O)cc(Cl)cc1OC. The van der Waals surface area contributed by atoms with Crippen molar-refractivity contribution < 1.29 is 9.53 Å². The van der Waals surface area contributed by atoms with E-state index in [1.165, 1.54) is 6.08 Å². The van der Waals surface area contributed by atoms with Crippen molar-refractivity contribution in [1.82, 2.24) is 0 Å². The number of rotatable bonds is 4. The monoisotopic (exact) mass is 225 g/mol. The topological polar surface area (TPSA) is 38.7 Å². The Hall–Kier alpha value is -1.31. The second-order valence-corrected chi connectivity index (χ2v) is 3.44. The molecule has 0 unspecified atom stereocenters. The fourth-order valence-electron chi connectivity index (χ4n) is 1.51. The van der Waals surface area contributed by atoms with Gasteiger partial charge >= 0.3 is 0 Å². The summed E-state index contributed by atoms with van der Waals surface area (Å²) in [7, 11) is 1.59. The molecule has 0 N–H and O–H groups in total. The minimum Gasteiger partial charge on any atom is -0.496 e. The summed E-state index contributed by atoms with van der Waals surface area (Å²) in [5.74, 6) is 0.737. The molecule has 0 radical (unpaired) electrons. The molecule has 0 atom stereocenters. The maximum Gasteiger partial charge on any atom is 0.235 e. The first-order chi connectivity index (χ1) is 7.22. The molecule has 0 spiro atoms. The zero-order valence-electron chi connectivity index (χ0n) is 8.71. The fraction of sp³-hybridized carbons (Fsp3) is 0.364. The third-order valence-corrected chi connectivity index (χ3v) is 2.37. The van der Waals surface area contributed by atoms with E-state index in [2.05, 4.69) is 4.99 Å². The molecule has 1 aromatic rings. The minimum absolute atomic E-state index is 0.295. The van der Waals surface area contributed by atoms with Gasteiger partial charge in [0.25, 0.3) is 0 Å². The Balaban J connectivity index is 3.21. The average Bonchev–Trinajstić information content (AvgIpc) is 2.25. The lowest BCUT2D eigenvalue weighted by molar-refractivity contribution is 0.409. The number of benzene rings is 1. The van der Waals surface area contributed by atoms with Gasteiger partial charge in [0.05, 0.1) is 13.7 Å². The van der Waals surface area contributed by atoms with Crippen LogP contribution < -0.4 is 4.74 Å². The summed E-state index contributed by atoms with van der Waals surface area (Å²) in [6.45, 7) is 2.31. The molecule has 1 rings (SSSR count). The van der Waals surface area contributed by atoms with Crippen LogP contribution in [0, 0.1) is 0 Å². The average molecular weight is 226 g/mol. The molecule has 0 saturated carbocycles. The molecule has 0 aromatic heterocycles. The quantitative estimate of drug-likeness (QED) is 0.584. The van der Waals surface area contributed by atoms with Gasteiger partial charge in [0, 0.05) is 5.02 Å². The Bertz CT molecular complexity index is 398. The second-order valence-electron chi connectivity index (χ2n) is 3.01. The molecular formula is C11H12ClNO2. The van der Waals surface area contributed by atoms with Gasteiger partial charge in [-0.05, 0) is 29.7 Å². The summed E-state index contributed by atoms with van der Waals surface area (Å²) < 4.78 is 5.21. The molecule has 80 valence electrons. The molecule has 0 bridgehead atoms. The molecule has 0 aliphatic rings. The second kappa shape index (κ2) is 5.54. The van der Waals surface area contributed by atoms with Crippen molar-refractivity contribution in [1.29, 1.82) is 0 Å². The molecule has 4 heteroatoms. The Kier molecular flexibility index (Phi) is 4.35. The maximum absolute atomic E-state index is 10.1. The van der Waals surface area contributed by atoms with Crippen LogP contribution in [0.1, 0.15) is 18.1 Å². The van der Waals surface area contributed by atoms with Crippen molar-refractivity contribution in [2.45, 2.75) is 19.9 Å². The maximum atomic E-state index is 10.1. The van der Waals surface area contributed by atoms with E-state index in [9.17, 15) is 4.79 Å². The smallest absolute Gasteiger partial charge is 0.235 e. The van der Waals surface area contributed by atoms with Crippen molar-refractivity contribution in [2.75, 3.05) is 7.11 Å². The normalized spacial score (nSPS) is 9.53. The molecule has 15 heavy (non-hydrogen) atoms. The molecule has 0 aliphatic carbocycles. The number of isocyanates is 1. The first kappa shape index (κ1) is 11.8. The van der Waals surface area contributed by atoms with E-state index in [1.54, 1.807) is 19.2 Å². The molecule has 3 nitrogen and oxygen atoms in total. The van der Waals surface area contributed by atoms with Gasteiger partial charge in [0.15, 0.2) is 0 Å². The van der Waals surface area contributed by atoms with Crippen molar-refractivity contribution in [3.05, 3.63) is 28.3 Å². The van der Waals surface area contributed by atoms with E-state index in [-0.39, 0.29) is 0 Å². The fourth-order valence-corrected chi connectivity index (χ4v) is 1.74. The van der Waals surface area contributed by atoms with E-state index in [4.69, 9.17) is 16.3 Å². The van der Waals surface area contributed by atoms with Gasteiger partial charge in [-0.3, -0.25) is 0 Å². The minimum atomic E-state index is 0.295. The Morgan fingerprint density at radius 2 is 2.27 bits per heavy atom. The molecule has 0 aliphatic heterocycles. The summed E-state index contributed by atoms with van der Waals surface area (Å²) in [4.78, 5) is 13.6. The van der Waals surface area contributed by atoms with Crippen LogP contribution >= 0.6 is 11.6 Å². The molecule has 0 heterocycles. The zero-order valence-corrected chi connectivity index (χ0v) is 9.47. The van der Waals surface area contributed by atoms with E-state index < -0.39 is 0 Å². The van der Waals surface area contributed by atoms with Gasteiger partial charge in [-0.1, -0.05) is 18.5 Å². The van der Waals surface area contributed by atoms with Gasteiger partial charge in [0.2, 0.25) is 6.08 Å². The van der Waals surface area contributed by atoms with E-state index in [0.717, 1.165) is 23.3 Å². The van der Waals surface area contributed by atoms with Crippen molar-refractivity contribution >= 4 is 17.7 Å². The molecule has 0 saturated heterocycles. The molecular weight excluding hydrogens is 214 g/mol. The summed E-state index contributed by atoms with van der Waals surface area (Å²) in [5, 5.41) is 0.583. The predicted molar refractivity (Wildman–Crippen MR) is 59.2 cm³/mol. The highest BCUT2D eigenvalue weighted by atomic mass is 35.5. The van der Waals surface area contributed by atoms with E-state index >= 15 is 0 Å². The zero-order chi connectivity index (χ0) is 11.3. The van der Waals surface area contributed by atoms with Gasteiger partial charge in [-0.2, -0.15) is 0 Å². The van der Waals surface area contributed by atoms with Crippen molar-refractivity contribution in [3.8, 4) is 5.75 Å². The van der Waals surface area contributed by atoms with Crippen LogP contribution in [-0.2, 0) is 17.8 Å². The lowest BCUT2D eigenvalue weighted by Crippen LogP contribution is -1.96. The number of hydrogen-bond acceptors (Lipinski definition) is 3. The molecule has 1 aromatic carbocycles. The van der Waals surface area contributed by atoms with Crippen LogP contribution in [0.5, 0.6) is 5.75 Å². The number of nitrogens with zero attached hydrogens (tertiary/aromatic N) is 1. The standard InChI is InChI=1S/C11H12ClNO2/c1-3-10-8(6-13-7-14)4-9(12)5-11(10)15-2/h4-5H,3,6H2,1-2H3. The molecule has 0 fully saturated rings. The highest BCUT2D eigenvalue weighted by molar-refractivity contribution is 6.30. The number of carbonyl (C=O) groups excluding carboxylic acids is 1. The lowest BCUT2D eigenvalue weighted by atomic mass is 10.0. The van der Waals surface area contributed by atoms with Crippen LogP contribution in [-0.4, -0.2) is 13.2 Å². The Morgan fingerprint density at radius 1 is 1.53 bits per heavy atom. The van der Waals surface area contributed by atoms with Gasteiger partial charge in [0.1, 0.15) is 5.75 Å². The van der Waals surface area contributed by atoms with Crippen LogP contribution in [0.2, 0.25) is 5.02 Å². The van der Waals surface area contributed by atoms with Crippen LogP contribution in [0.4, 0.5) is 0 Å². The van der Waals surface area contributed by atoms with Crippen molar-refractivity contribution in [2.24, 2.45) is 4.99 Å². The predicted octanol–water partition coefficient (Wildman–Crippen LogP) is 2.75. The number of ether oxygens (including phenoxy) is 1. The first-order valence-electron chi connectivity index (χ1n) is 4.61. The summed E-state index contributed by atoms with van der Waals surface area (Å²) >= 11 is 5.92. The summed E-state index contributed by atoms with van der Waals surface area (Å²) in [6, 6.07) is 3.55. The number of methoxy groups -OCH3 is 1. The van der Waals surface area contributed by atoms with Gasteiger partial charge in [-0.15, -0.1) is 0 Å².